The maximum absolute atomic E-state index is 13.2. The SMILES string of the molecule is CCC(C(=O)N1CCN(C2CCCCC2)CC1)n1sc2ccccc2c1=O. The summed E-state index contributed by atoms with van der Waals surface area (Å²) in [7, 11) is 0. The fraction of sp³-hybridized carbons (Fsp3) is 0.619. The maximum atomic E-state index is 13.2. The van der Waals surface area contributed by atoms with E-state index in [1.807, 2.05) is 36.1 Å². The van der Waals surface area contributed by atoms with Gasteiger partial charge in [0.05, 0.1) is 10.1 Å². The second-order valence-electron chi connectivity index (χ2n) is 7.80. The number of rotatable bonds is 4. The average molecular weight is 388 g/mol. The van der Waals surface area contributed by atoms with Crippen LogP contribution in [0, 0.1) is 0 Å². The Hall–Kier alpha value is -1.66. The second kappa shape index (κ2) is 8.15. The van der Waals surface area contributed by atoms with Gasteiger partial charge < -0.3 is 4.90 Å². The lowest BCUT2D eigenvalue weighted by molar-refractivity contribution is -0.136. The minimum absolute atomic E-state index is 0.0309. The standard InChI is InChI=1S/C21H29N3O2S/c1-2-18(24-20(25)17-10-6-7-11-19(17)27-24)21(26)23-14-12-22(13-15-23)16-8-4-3-5-9-16/h6-7,10-11,16,18H,2-5,8-9,12-15H2,1H3. The lowest BCUT2D eigenvalue weighted by Gasteiger charge is -2.41. The molecule has 5 nitrogen and oxygen atoms in total. The molecule has 27 heavy (non-hydrogen) atoms. The molecule has 1 saturated carbocycles. The summed E-state index contributed by atoms with van der Waals surface area (Å²) in [4.78, 5) is 30.5. The number of amides is 1. The van der Waals surface area contributed by atoms with Crippen LogP contribution in [0.4, 0.5) is 0 Å². The summed E-state index contributed by atoms with van der Waals surface area (Å²) in [5.41, 5.74) is -0.0309. The molecule has 1 saturated heterocycles. The van der Waals surface area contributed by atoms with Gasteiger partial charge in [0.15, 0.2) is 0 Å². The zero-order chi connectivity index (χ0) is 18.8. The Morgan fingerprint density at radius 3 is 2.48 bits per heavy atom. The molecule has 0 radical (unpaired) electrons. The molecule has 146 valence electrons. The Bertz CT molecular complexity index is 844. The highest BCUT2D eigenvalue weighted by Gasteiger charge is 2.31. The Labute approximate surface area is 164 Å². The van der Waals surface area contributed by atoms with E-state index in [1.54, 1.807) is 3.96 Å². The normalized spacial score (nSPS) is 20.9. The fourth-order valence-electron chi connectivity index (χ4n) is 4.60. The molecular weight excluding hydrogens is 358 g/mol. The fourth-order valence-corrected chi connectivity index (χ4v) is 5.75. The van der Waals surface area contributed by atoms with Crippen molar-refractivity contribution < 1.29 is 4.79 Å². The molecule has 1 aliphatic carbocycles. The van der Waals surface area contributed by atoms with E-state index >= 15 is 0 Å². The first-order chi connectivity index (χ1) is 13.2. The van der Waals surface area contributed by atoms with Crippen LogP contribution in [0.5, 0.6) is 0 Å². The molecule has 0 N–H and O–H groups in total. The minimum Gasteiger partial charge on any atom is -0.338 e. The molecule has 2 aromatic rings. The predicted octanol–water partition coefficient (Wildman–Crippen LogP) is 3.49. The molecule has 0 spiro atoms. The van der Waals surface area contributed by atoms with Crippen molar-refractivity contribution in [1.29, 1.82) is 0 Å². The summed E-state index contributed by atoms with van der Waals surface area (Å²) in [5.74, 6) is 0.106. The molecule has 1 atom stereocenters. The zero-order valence-corrected chi connectivity index (χ0v) is 16.9. The molecule has 2 fully saturated rings. The molecule has 1 aromatic heterocycles. The van der Waals surface area contributed by atoms with Crippen LogP contribution < -0.4 is 5.56 Å². The third-order valence-corrected chi connectivity index (χ3v) is 7.36. The van der Waals surface area contributed by atoms with Gasteiger partial charge in [0.1, 0.15) is 6.04 Å². The quantitative estimate of drug-likeness (QED) is 0.807. The van der Waals surface area contributed by atoms with E-state index in [4.69, 9.17) is 0 Å². The van der Waals surface area contributed by atoms with Crippen molar-refractivity contribution in [2.45, 2.75) is 57.5 Å². The van der Waals surface area contributed by atoms with Crippen LogP contribution >= 0.6 is 11.5 Å². The number of nitrogens with zero attached hydrogens (tertiary/aromatic N) is 3. The number of benzene rings is 1. The van der Waals surface area contributed by atoms with Crippen LogP contribution in [0.25, 0.3) is 10.1 Å². The highest BCUT2D eigenvalue weighted by Crippen LogP contribution is 2.26. The lowest BCUT2D eigenvalue weighted by atomic mass is 9.94. The smallest absolute Gasteiger partial charge is 0.269 e. The number of piperazine rings is 1. The maximum Gasteiger partial charge on any atom is 0.269 e. The molecular formula is C21H29N3O2S. The number of hydrogen-bond donors (Lipinski definition) is 0. The first-order valence-electron chi connectivity index (χ1n) is 10.3. The van der Waals surface area contributed by atoms with E-state index in [2.05, 4.69) is 4.90 Å². The van der Waals surface area contributed by atoms with Gasteiger partial charge in [-0.3, -0.25) is 18.4 Å². The molecule has 1 aromatic carbocycles. The van der Waals surface area contributed by atoms with Crippen LogP contribution in [-0.4, -0.2) is 51.9 Å². The summed E-state index contributed by atoms with van der Waals surface area (Å²) in [6.45, 7) is 5.50. The van der Waals surface area contributed by atoms with Crippen molar-refractivity contribution in [2.24, 2.45) is 0 Å². The number of carbonyl (C=O) groups excluding carboxylic acids is 1. The second-order valence-corrected chi connectivity index (χ2v) is 8.81. The van der Waals surface area contributed by atoms with Gasteiger partial charge in [0.25, 0.3) is 5.56 Å². The van der Waals surface area contributed by atoms with Crippen LogP contribution in [0.3, 0.4) is 0 Å². The molecule has 2 aliphatic rings. The van der Waals surface area contributed by atoms with E-state index in [9.17, 15) is 9.59 Å². The van der Waals surface area contributed by atoms with Crippen LogP contribution in [-0.2, 0) is 4.79 Å². The Morgan fingerprint density at radius 1 is 1.11 bits per heavy atom. The Morgan fingerprint density at radius 2 is 1.81 bits per heavy atom. The molecule has 1 amide bonds. The Kier molecular flexibility index (Phi) is 5.64. The highest BCUT2D eigenvalue weighted by atomic mass is 32.1. The Balaban J connectivity index is 1.46. The predicted molar refractivity (Wildman–Crippen MR) is 110 cm³/mol. The summed E-state index contributed by atoms with van der Waals surface area (Å²) in [5, 5.41) is 0.718. The third kappa shape index (κ3) is 3.69. The van der Waals surface area contributed by atoms with Crippen LogP contribution in [0.1, 0.15) is 51.5 Å². The molecule has 4 rings (SSSR count). The van der Waals surface area contributed by atoms with Gasteiger partial charge in [0, 0.05) is 32.2 Å². The molecule has 6 heteroatoms. The summed E-state index contributed by atoms with van der Waals surface area (Å²) in [6.07, 6.45) is 7.32. The summed E-state index contributed by atoms with van der Waals surface area (Å²) in [6, 6.07) is 7.96. The van der Waals surface area contributed by atoms with Crippen molar-refractivity contribution in [2.75, 3.05) is 26.2 Å². The zero-order valence-electron chi connectivity index (χ0n) is 16.1. The van der Waals surface area contributed by atoms with E-state index in [-0.39, 0.29) is 17.5 Å². The first-order valence-corrected chi connectivity index (χ1v) is 11.1. The molecule has 0 bridgehead atoms. The van der Waals surface area contributed by atoms with Crippen molar-refractivity contribution >= 4 is 27.5 Å². The van der Waals surface area contributed by atoms with E-state index in [1.165, 1.54) is 43.6 Å². The largest absolute Gasteiger partial charge is 0.338 e. The van der Waals surface area contributed by atoms with E-state index < -0.39 is 0 Å². The number of carbonyl (C=O) groups is 1. The monoisotopic (exact) mass is 387 g/mol. The molecule has 2 heterocycles. The summed E-state index contributed by atoms with van der Waals surface area (Å²) >= 11 is 1.42. The highest BCUT2D eigenvalue weighted by molar-refractivity contribution is 7.14. The van der Waals surface area contributed by atoms with E-state index in [0.717, 1.165) is 36.3 Å². The van der Waals surface area contributed by atoms with E-state index in [0.29, 0.717) is 12.5 Å². The minimum atomic E-state index is -0.379. The van der Waals surface area contributed by atoms with Crippen LogP contribution in [0.15, 0.2) is 29.1 Å². The van der Waals surface area contributed by atoms with Crippen LogP contribution in [0.2, 0.25) is 0 Å². The summed E-state index contributed by atoms with van der Waals surface area (Å²) < 4.78 is 2.65. The first kappa shape index (κ1) is 18.7. The number of fused-ring (bicyclic) bond motifs is 1. The van der Waals surface area contributed by atoms with Crippen molar-refractivity contribution in [3.05, 3.63) is 34.6 Å². The van der Waals surface area contributed by atoms with Gasteiger partial charge in [0.2, 0.25) is 5.91 Å². The number of hydrogen-bond acceptors (Lipinski definition) is 4. The topological polar surface area (TPSA) is 45.6 Å². The van der Waals surface area contributed by atoms with Gasteiger partial charge in [-0.05, 0) is 31.4 Å². The van der Waals surface area contributed by atoms with Gasteiger partial charge in [-0.1, -0.05) is 49.9 Å². The number of aromatic nitrogens is 1. The molecule has 1 aliphatic heterocycles. The third-order valence-electron chi connectivity index (χ3n) is 6.19. The van der Waals surface area contributed by atoms with Crippen molar-refractivity contribution in [1.82, 2.24) is 13.8 Å². The van der Waals surface area contributed by atoms with Gasteiger partial charge in [-0.2, -0.15) is 0 Å². The van der Waals surface area contributed by atoms with Crippen molar-refractivity contribution in [3.63, 3.8) is 0 Å². The van der Waals surface area contributed by atoms with Gasteiger partial charge in [-0.15, -0.1) is 0 Å². The van der Waals surface area contributed by atoms with Crippen molar-refractivity contribution in [3.8, 4) is 0 Å². The van der Waals surface area contributed by atoms with Gasteiger partial charge in [-0.25, -0.2) is 0 Å². The molecule has 1 unspecified atom stereocenters. The van der Waals surface area contributed by atoms with Gasteiger partial charge >= 0.3 is 0 Å². The lowest BCUT2D eigenvalue weighted by Crippen LogP contribution is -2.53. The average Bonchev–Trinajstić information content (AvgIpc) is 3.06.